The maximum absolute atomic E-state index is 12.1. The fourth-order valence-electron chi connectivity index (χ4n) is 2.16. The second kappa shape index (κ2) is 7.79. The lowest BCUT2D eigenvalue weighted by molar-refractivity contribution is -0.120. The highest BCUT2D eigenvalue weighted by Gasteiger charge is 2.25. The lowest BCUT2D eigenvalue weighted by Gasteiger charge is -2.26. The molecule has 0 radical (unpaired) electrons. The summed E-state index contributed by atoms with van der Waals surface area (Å²) in [5.41, 5.74) is 0.858. The Hall–Kier alpha value is -0.690. The van der Waals surface area contributed by atoms with Crippen LogP contribution in [0.5, 0.6) is 0 Å². The predicted molar refractivity (Wildman–Crippen MR) is 78.9 cm³/mol. The standard InChI is InChI=1S/C12H19N3O2S.ClH/c1-8-5-9(3-4-13-8)11(16)15-12-14-10(6-17-2)7-18-12;/h7-9,13H,3-6H2,1-2H3,(H,14,15,16);1H/t8-,9-;/m0./s1. The number of aromatic nitrogens is 1. The number of halogens is 1. The first-order chi connectivity index (χ1) is 8.69. The van der Waals surface area contributed by atoms with Crippen LogP contribution in [0.25, 0.3) is 0 Å². The number of rotatable bonds is 4. The molecular weight excluding hydrogens is 286 g/mol. The number of carbonyl (C=O) groups is 1. The number of ether oxygens (including phenoxy) is 1. The molecule has 1 aliphatic heterocycles. The van der Waals surface area contributed by atoms with E-state index in [2.05, 4.69) is 22.5 Å². The van der Waals surface area contributed by atoms with E-state index in [9.17, 15) is 4.79 Å². The van der Waals surface area contributed by atoms with Crippen molar-refractivity contribution in [1.82, 2.24) is 10.3 Å². The van der Waals surface area contributed by atoms with Gasteiger partial charge in [-0.3, -0.25) is 4.79 Å². The summed E-state index contributed by atoms with van der Waals surface area (Å²) in [6.45, 7) is 3.50. The highest BCUT2D eigenvalue weighted by molar-refractivity contribution is 7.13. The molecule has 108 valence electrons. The van der Waals surface area contributed by atoms with Gasteiger partial charge in [0, 0.05) is 24.4 Å². The molecule has 0 saturated carbocycles. The summed E-state index contributed by atoms with van der Waals surface area (Å²) in [7, 11) is 1.63. The summed E-state index contributed by atoms with van der Waals surface area (Å²) in [6.07, 6.45) is 1.79. The van der Waals surface area contributed by atoms with Crippen molar-refractivity contribution < 1.29 is 9.53 Å². The largest absolute Gasteiger partial charge is 0.378 e. The molecule has 0 bridgehead atoms. The van der Waals surface area contributed by atoms with Gasteiger partial charge in [-0.25, -0.2) is 4.98 Å². The minimum atomic E-state index is 0. The van der Waals surface area contributed by atoms with Crippen molar-refractivity contribution in [3.63, 3.8) is 0 Å². The van der Waals surface area contributed by atoms with Crippen molar-refractivity contribution in [1.29, 1.82) is 0 Å². The molecule has 1 aromatic rings. The lowest BCUT2D eigenvalue weighted by atomic mass is 9.93. The molecule has 5 nitrogen and oxygen atoms in total. The van der Waals surface area contributed by atoms with Gasteiger partial charge in [-0.2, -0.15) is 0 Å². The number of methoxy groups -OCH3 is 1. The Morgan fingerprint density at radius 2 is 2.47 bits per heavy atom. The normalized spacial score (nSPS) is 22.6. The lowest BCUT2D eigenvalue weighted by Crippen LogP contribution is -2.40. The van der Waals surface area contributed by atoms with Gasteiger partial charge in [0.25, 0.3) is 0 Å². The third kappa shape index (κ3) is 4.72. The topological polar surface area (TPSA) is 63.2 Å². The third-order valence-corrected chi connectivity index (χ3v) is 3.88. The van der Waals surface area contributed by atoms with E-state index in [4.69, 9.17) is 4.74 Å². The van der Waals surface area contributed by atoms with Crippen molar-refractivity contribution >= 4 is 34.8 Å². The average Bonchev–Trinajstić information content (AvgIpc) is 2.77. The van der Waals surface area contributed by atoms with Crippen LogP contribution in [0, 0.1) is 5.92 Å². The smallest absolute Gasteiger partial charge is 0.229 e. The molecule has 2 atom stereocenters. The first-order valence-electron chi connectivity index (χ1n) is 6.16. The zero-order chi connectivity index (χ0) is 13.0. The average molecular weight is 306 g/mol. The van der Waals surface area contributed by atoms with Gasteiger partial charge in [-0.05, 0) is 26.3 Å². The van der Waals surface area contributed by atoms with E-state index in [0.29, 0.717) is 17.8 Å². The minimum Gasteiger partial charge on any atom is -0.378 e. The van der Waals surface area contributed by atoms with Gasteiger partial charge < -0.3 is 15.4 Å². The van der Waals surface area contributed by atoms with Crippen molar-refractivity contribution in [3.8, 4) is 0 Å². The second-order valence-corrected chi connectivity index (χ2v) is 5.50. The third-order valence-electron chi connectivity index (χ3n) is 3.07. The Morgan fingerprint density at radius 1 is 1.68 bits per heavy atom. The van der Waals surface area contributed by atoms with Crippen LogP contribution in [0.3, 0.4) is 0 Å². The number of nitrogens with zero attached hydrogens (tertiary/aromatic N) is 1. The fourth-order valence-corrected chi connectivity index (χ4v) is 2.85. The molecule has 2 rings (SSSR count). The van der Waals surface area contributed by atoms with E-state index in [-0.39, 0.29) is 24.2 Å². The Balaban J connectivity index is 0.00000180. The summed E-state index contributed by atoms with van der Waals surface area (Å²) in [6, 6.07) is 0.412. The highest BCUT2D eigenvalue weighted by atomic mass is 35.5. The number of piperidine rings is 1. The van der Waals surface area contributed by atoms with Crippen molar-refractivity contribution in [3.05, 3.63) is 11.1 Å². The van der Waals surface area contributed by atoms with Gasteiger partial charge in [0.2, 0.25) is 5.91 Å². The number of anilines is 1. The molecule has 19 heavy (non-hydrogen) atoms. The zero-order valence-electron chi connectivity index (χ0n) is 11.1. The molecule has 0 aliphatic carbocycles. The van der Waals surface area contributed by atoms with E-state index >= 15 is 0 Å². The van der Waals surface area contributed by atoms with E-state index in [0.717, 1.165) is 25.1 Å². The summed E-state index contributed by atoms with van der Waals surface area (Å²) >= 11 is 1.44. The Bertz CT molecular complexity index is 413. The maximum Gasteiger partial charge on any atom is 0.229 e. The van der Waals surface area contributed by atoms with Crippen LogP contribution in [0.2, 0.25) is 0 Å². The van der Waals surface area contributed by atoms with E-state index in [1.165, 1.54) is 11.3 Å². The molecule has 1 aliphatic rings. The van der Waals surface area contributed by atoms with Crippen LogP contribution in [-0.2, 0) is 16.1 Å². The summed E-state index contributed by atoms with van der Waals surface area (Å²) in [5.74, 6) is 0.178. The van der Waals surface area contributed by atoms with Gasteiger partial charge in [-0.1, -0.05) is 0 Å². The molecule has 2 N–H and O–H groups in total. The molecule has 0 spiro atoms. The molecule has 7 heteroatoms. The minimum absolute atomic E-state index is 0. The SMILES string of the molecule is COCc1csc(NC(=O)[C@H]2CCN[C@@H](C)C2)n1.Cl. The molecule has 1 fully saturated rings. The van der Waals surface area contributed by atoms with Crippen LogP contribution in [-0.4, -0.2) is 30.6 Å². The van der Waals surface area contributed by atoms with Gasteiger partial charge in [-0.15, -0.1) is 23.7 Å². The van der Waals surface area contributed by atoms with Gasteiger partial charge >= 0.3 is 0 Å². The number of amides is 1. The van der Waals surface area contributed by atoms with Crippen LogP contribution < -0.4 is 10.6 Å². The molecule has 1 saturated heterocycles. The van der Waals surface area contributed by atoms with Crippen LogP contribution in [0.15, 0.2) is 5.38 Å². The highest BCUT2D eigenvalue weighted by Crippen LogP contribution is 2.21. The summed E-state index contributed by atoms with van der Waals surface area (Å²) < 4.78 is 5.00. The van der Waals surface area contributed by atoms with E-state index in [1.807, 2.05) is 5.38 Å². The van der Waals surface area contributed by atoms with Crippen LogP contribution in [0.4, 0.5) is 5.13 Å². The van der Waals surface area contributed by atoms with Crippen molar-refractivity contribution in [2.75, 3.05) is 19.0 Å². The number of nitrogens with one attached hydrogen (secondary N) is 2. The monoisotopic (exact) mass is 305 g/mol. The Labute approximate surface area is 123 Å². The number of carbonyl (C=O) groups excluding carboxylic acids is 1. The second-order valence-electron chi connectivity index (χ2n) is 4.64. The van der Waals surface area contributed by atoms with Gasteiger partial charge in [0.1, 0.15) is 0 Å². The summed E-state index contributed by atoms with van der Waals surface area (Å²) in [5, 5.41) is 8.81. The van der Waals surface area contributed by atoms with E-state index < -0.39 is 0 Å². The van der Waals surface area contributed by atoms with Gasteiger partial charge in [0.15, 0.2) is 5.13 Å². The zero-order valence-corrected chi connectivity index (χ0v) is 12.8. The van der Waals surface area contributed by atoms with Crippen LogP contribution >= 0.6 is 23.7 Å². The number of hydrogen-bond donors (Lipinski definition) is 2. The number of hydrogen-bond acceptors (Lipinski definition) is 5. The number of thiazole rings is 1. The van der Waals surface area contributed by atoms with Crippen molar-refractivity contribution in [2.24, 2.45) is 5.92 Å². The molecular formula is C12H20ClN3O2S. The quantitative estimate of drug-likeness (QED) is 0.893. The molecule has 0 unspecified atom stereocenters. The Kier molecular flexibility index (Phi) is 6.71. The first kappa shape index (κ1) is 16.4. The summed E-state index contributed by atoms with van der Waals surface area (Å²) in [4.78, 5) is 16.4. The molecule has 1 amide bonds. The van der Waals surface area contributed by atoms with Gasteiger partial charge in [0.05, 0.1) is 12.3 Å². The molecule has 1 aromatic heterocycles. The van der Waals surface area contributed by atoms with Crippen molar-refractivity contribution in [2.45, 2.75) is 32.4 Å². The fraction of sp³-hybridized carbons (Fsp3) is 0.667. The Morgan fingerprint density at radius 3 is 3.16 bits per heavy atom. The predicted octanol–water partition coefficient (Wildman–Crippen LogP) is 2.04. The molecule has 2 heterocycles. The molecule has 0 aromatic carbocycles. The van der Waals surface area contributed by atoms with E-state index in [1.54, 1.807) is 7.11 Å². The maximum atomic E-state index is 12.1. The van der Waals surface area contributed by atoms with Crippen LogP contribution in [0.1, 0.15) is 25.5 Å². The first-order valence-corrected chi connectivity index (χ1v) is 7.04.